The topological polar surface area (TPSA) is 59.1 Å². The van der Waals surface area contributed by atoms with Crippen molar-refractivity contribution >= 4 is 17.5 Å². The van der Waals surface area contributed by atoms with Gasteiger partial charge in [0.1, 0.15) is 10.8 Å². The summed E-state index contributed by atoms with van der Waals surface area (Å²) in [6.45, 7) is 1.93. The smallest absolute Gasteiger partial charge is 0.243 e. The van der Waals surface area contributed by atoms with Gasteiger partial charge in [-0.3, -0.25) is 0 Å². The molecule has 0 bridgehead atoms. The third kappa shape index (κ3) is 3.18. The number of rotatable bonds is 4. The van der Waals surface area contributed by atoms with E-state index < -0.39 is 0 Å². The van der Waals surface area contributed by atoms with E-state index in [0.29, 0.717) is 28.6 Å². The highest BCUT2D eigenvalue weighted by Crippen LogP contribution is 2.27. The highest BCUT2D eigenvalue weighted by Gasteiger charge is 2.16. The molecule has 1 fully saturated rings. The lowest BCUT2D eigenvalue weighted by Gasteiger charge is -2.12. The van der Waals surface area contributed by atoms with Crippen molar-refractivity contribution in [2.75, 3.05) is 18.4 Å². The number of aromatic nitrogens is 2. The maximum atomic E-state index is 6.07. The second-order valence-corrected chi connectivity index (χ2v) is 5.00. The number of nitrogens with zero attached hydrogens (tertiary/aromatic N) is 2. The zero-order chi connectivity index (χ0) is 13.8. The molecule has 3 rings (SSSR count). The molecular weight excluding hydrogens is 276 g/mol. The Morgan fingerprint density at radius 3 is 2.90 bits per heavy atom. The minimum absolute atomic E-state index is 0.348. The monoisotopic (exact) mass is 290 g/mol. The van der Waals surface area contributed by atoms with Crippen molar-refractivity contribution in [2.24, 2.45) is 0 Å². The van der Waals surface area contributed by atoms with E-state index in [1.165, 1.54) is 0 Å². The number of halogens is 1. The van der Waals surface area contributed by atoms with Crippen molar-refractivity contribution in [3.63, 3.8) is 0 Å². The van der Waals surface area contributed by atoms with Gasteiger partial charge in [0.05, 0.1) is 6.20 Å². The van der Waals surface area contributed by atoms with Gasteiger partial charge in [0.2, 0.25) is 11.8 Å². The first-order valence-corrected chi connectivity index (χ1v) is 6.92. The van der Waals surface area contributed by atoms with Gasteiger partial charge in [-0.1, -0.05) is 29.8 Å². The average Bonchev–Trinajstić information content (AvgIpc) is 2.97. The third-order valence-corrected chi connectivity index (χ3v) is 3.32. The zero-order valence-corrected chi connectivity index (χ0v) is 11.6. The number of nitrogens with one attached hydrogen (secondary N) is 2. The molecule has 2 N–H and O–H groups in total. The van der Waals surface area contributed by atoms with Crippen LogP contribution in [0.1, 0.15) is 6.42 Å². The Hall–Kier alpha value is -1.85. The van der Waals surface area contributed by atoms with Crippen LogP contribution in [0.25, 0.3) is 0 Å². The lowest BCUT2D eigenvalue weighted by atomic mass is 10.3. The van der Waals surface area contributed by atoms with E-state index in [0.717, 1.165) is 19.5 Å². The fourth-order valence-electron chi connectivity index (χ4n) is 2.05. The predicted octanol–water partition coefficient (Wildman–Crippen LogP) is 2.70. The number of anilines is 1. The Balaban J connectivity index is 1.76. The maximum absolute atomic E-state index is 6.07. The standard InChI is InChI=1S/C14H15ClN4O/c15-12-9-17-14(18-10-6-7-16-8-10)19-13(12)20-11-4-2-1-3-5-11/h1-5,9-10,16H,6-8H2,(H,17,18,19)/t10-/m1/s1. The lowest BCUT2D eigenvalue weighted by Crippen LogP contribution is -2.23. The number of benzene rings is 1. The highest BCUT2D eigenvalue weighted by molar-refractivity contribution is 6.31. The normalized spacial score (nSPS) is 17.9. The molecule has 1 aromatic carbocycles. The quantitative estimate of drug-likeness (QED) is 0.907. The van der Waals surface area contributed by atoms with Gasteiger partial charge in [0.15, 0.2) is 0 Å². The first-order chi connectivity index (χ1) is 9.81. The molecule has 0 unspecified atom stereocenters. The van der Waals surface area contributed by atoms with Crippen LogP contribution >= 0.6 is 11.6 Å². The SMILES string of the molecule is Clc1cnc(N[C@@H]2CCNC2)nc1Oc1ccccc1. The summed E-state index contributed by atoms with van der Waals surface area (Å²) in [6, 6.07) is 9.77. The molecule has 0 aliphatic carbocycles. The second kappa shape index (κ2) is 6.07. The molecule has 1 aliphatic heterocycles. The molecule has 1 saturated heterocycles. The van der Waals surface area contributed by atoms with Crippen LogP contribution in [0.3, 0.4) is 0 Å². The van der Waals surface area contributed by atoms with Gasteiger partial charge >= 0.3 is 0 Å². The Labute approximate surface area is 122 Å². The molecule has 0 amide bonds. The summed E-state index contributed by atoms with van der Waals surface area (Å²) in [5.41, 5.74) is 0. The Morgan fingerprint density at radius 1 is 1.30 bits per heavy atom. The van der Waals surface area contributed by atoms with E-state index in [9.17, 15) is 0 Å². The van der Waals surface area contributed by atoms with Crippen LogP contribution in [0.15, 0.2) is 36.5 Å². The van der Waals surface area contributed by atoms with Crippen molar-refractivity contribution in [1.29, 1.82) is 0 Å². The number of ether oxygens (including phenoxy) is 1. The first-order valence-electron chi connectivity index (χ1n) is 6.54. The highest BCUT2D eigenvalue weighted by atomic mass is 35.5. The number of para-hydroxylation sites is 1. The van der Waals surface area contributed by atoms with Crippen LogP contribution < -0.4 is 15.4 Å². The van der Waals surface area contributed by atoms with Gasteiger partial charge in [-0.05, 0) is 25.1 Å². The molecule has 0 saturated carbocycles. The Morgan fingerprint density at radius 2 is 2.15 bits per heavy atom. The van der Waals surface area contributed by atoms with E-state index >= 15 is 0 Å². The van der Waals surface area contributed by atoms with Gasteiger partial charge < -0.3 is 15.4 Å². The fourth-order valence-corrected chi connectivity index (χ4v) is 2.18. The van der Waals surface area contributed by atoms with E-state index in [2.05, 4.69) is 20.6 Å². The minimum Gasteiger partial charge on any atom is -0.437 e. The molecule has 1 atom stereocenters. The Bertz CT molecular complexity index is 573. The van der Waals surface area contributed by atoms with E-state index in [-0.39, 0.29) is 0 Å². The second-order valence-electron chi connectivity index (χ2n) is 4.60. The van der Waals surface area contributed by atoms with Crippen molar-refractivity contribution < 1.29 is 4.74 Å². The summed E-state index contributed by atoms with van der Waals surface area (Å²) in [7, 11) is 0. The summed E-state index contributed by atoms with van der Waals surface area (Å²) in [5, 5.41) is 6.95. The predicted molar refractivity (Wildman–Crippen MR) is 78.5 cm³/mol. The number of hydrogen-bond acceptors (Lipinski definition) is 5. The van der Waals surface area contributed by atoms with Crippen molar-refractivity contribution in [2.45, 2.75) is 12.5 Å². The summed E-state index contributed by atoms with van der Waals surface area (Å²) in [6.07, 6.45) is 2.61. The van der Waals surface area contributed by atoms with Crippen LogP contribution in [0.2, 0.25) is 5.02 Å². The van der Waals surface area contributed by atoms with Crippen LogP contribution in [0, 0.1) is 0 Å². The number of hydrogen-bond donors (Lipinski definition) is 2. The largest absolute Gasteiger partial charge is 0.437 e. The molecule has 0 spiro atoms. The molecule has 0 radical (unpaired) electrons. The van der Waals surface area contributed by atoms with E-state index in [1.54, 1.807) is 6.20 Å². The van der Waals surface area contributed by atoms with Gasteiger partial charge in [-0.25, -0.2) is 4.98 Å². The molecule has 1 aromatic heterocycles. The first kappa shape index (κ1) is 13.1. The Kier molecular flexibility index (Phi) is 3.99. The molecule has 6 heteroatoms. The summed E-state index contributed by atoms with van der Waals surface area (Å²) in [4.78, 5) is 8.51. The summed E-state index contributed by atoms with van der Waals surface area (Å²) >= 11 is 6.07. The van der Waals surface area contributed by atoms with Crippen molar-refractivity contribution in [3.05, 3.63) is 41.6 Å². The van der Waals surface area contributed by atoms with E-state index in [4.69, 9.17) is 16.3 Å². The molecule has 2 aromatic rings. The van der Waals surface area contributed by atoms with Crippen molar-refractivity contribution in [1.82, 2.24) is 15.3 Å². The summed E-state index contributed by atoms with van der Waals surface area (Å²) in [5.74, 6) is 1.59. The average molecular weight is 291 g/mol. The van der Waals surface area contributed by atoms with Crippen LogP contribution in [-0.2, 0) is 0 Å². The van der Waals surface area contributed by atoms with Crippen LogP contribution in [0.4, 0.5) is 5.95 Å². The van der Waals surface area contributed by atoms with E-state index in [1.807, 2.05) is 30.3 Å². The molecule has 104 valence electrons. The lowest BCUT2D eigenvalue weighted by molar-refractivity contribution is 0.462. The van der Waals surface area contributed by atoms with Gasteiger partial charge in [0.25, 0.3) is 0 Å². The zero-order valence-electron chi connectivity index (χ0n) is 10.8. The molecule has 20 heavy (non-hydrogen) atoms. The van der Waals surface area contributed by atoms with Gasteiger partial charge in [0, 0.05) is 12.6 Å². The minimum atomic E-state index is 0.348. The molecule has 5 nitrogen and oxygen atoms in total. The van der Waals surface area contributed by atoms with Crippen LogP contribution in [-0.4, -0.2) is 29.1 Å². The van der Waals surface area contributed by atoms with Crippen LogP contribution in [0.5, 0.6) is 11.6 Å². The van der Waals surface area contributed by atoms with Gasteiger partial charge in [-0.15, -0.1) is 0 Å². The molecule has 1 aliphatic rings. The molecule has 2 heterocycles. The summed E-state index contributed by atoms with van der Waals surface area (Å²) < 4.78 is 5.68. The maximum Gasteiger partial charge on any atom is 0.243 e. The molecular formula is C14H15ClN4O. The van der Waals surface area contributed by atoms with Gasteiger partial charge in [-0.2, -0.15) is 4.98 Å². The van der Waals surface area contributed by atoms with Crippen molar-refractivity contribution in [3.8, 4) is 11.6 Å². The fraction of sp³-hybridized carbons (Fsp3) is 0.286. The third-order valence-electron chi connectivity index (χ3n) is 3.06.